The van der Waals surface area contributed by atoms with Crippen molar-refractivity contribution in [1.29, 1.82) is 0 Å². The molecule has 0 bridgehead atoms. The molecule has 1 aromatic carbocycles. The van der Waals surface area contributed by atoms with E-state index in [0.717, 1.165) is 41.3 Å². The van der Waals surface area contributed by atoms with Gasteiger partial charge in [-0.1, -0.05) is 0 Å². The number of aryl methyl sites for hydroxylation is 1. The Morgan fingerprint density at radius 1 is 1.18 bits per heavy atom. The molecule has 3 aromatic heterocycles. The second kappa shape index (κ2) is 7.84. The Morgan fingerprint density at radius 3 is 2.68 bits per heavy atom. The average molecular weight is 454 g/mol. The first-order valence-corrected chi connectivity index (χ1v) is 11.1. The van der Waals surface area contributed by atoms with Gasteiger partial charge in [0.05, 0.1) is 17.8 Å². The van der Waals surface area contributed by atoms with Crippen LogP contribution in [0.25, 0.3) is 17.4 Å². The molecule has 0 unspecified atom stereocenters. The fraction of sp³-hybridized carbons (Fsp3) is 0.208. The molecular weight excluding hydrogens is 432 g/mol. The molecule has 0 atom stereocenters. The second-order valence-corrected chi connectivity index (χ2v) is 8.53. The number of nitrogens with zero attached hydrogens (tertiary/aromatic N) is 5. The van der Waals surface area contributed by atoms with Gasteiger partial charge in [-0.25, -0.2) is 9.67 Å². The number of hydrogen-bond acceptors (Lipinski definition) is 7. The smallest absolute Gasteiger partial charge is 0.254 e. The fourth-order valence-electron chi connectivity index (χ4n) is 3.97. The molecule has 1 aliphatic carbocycles. The molecule has 2 amide bonds. The van der Waals surface area contributed by atoms with Crippen molar-refractivity contribution in [3.05, 3.63) is 65.6 Å². The molecule has 170 valence electrons. The zero-order valence-corrected chi connectivity index (χ0v) is 18.4. The number of carbonyl (C=O) groups is 2. The lowest BCUT2D eigenvalue weighted by Gasteiger charge is -2.12. The van der Waals surface area contributed by atoms with Crippen LogP contribution in [0.15, 0.2) is 54.4 Å². The van der Waals surface area contributed by atoms with Crippen LogP contribution >= 0.6 is 0 Å². The lowest BCUT2D eigenvalue weighted by Crippen LogP contribution is -2.19. The van der Waals surface area contributed by atoms with Gasteiger partial charge in [0.15, 0.2) is 5.65 Å². The minimum absolute atomic E-state index is 0.0589. The number of carbonyl (C=O) groups excluding carboxylic acids is 2. The molecule has 34 heavy (non-hydrogen) atoms. The molecule has 4 heterocycles. The van der Waals surface area contributed by atoms with Crippen molar-refractivity contribution in [2.24, 2.45) is 0 Å². The number of hydrogen-bond donors (Lipinski definition) is 3. The maximum absolute atomic E-state index is 12.1. The number of rotatable bonds is 6. The summed E-state index contributed by atoms with van der Waals surface area (Å²) in [7, 11) is 0. The Bertz CT molecular complexity index is 1450. The minimum Gasteiger partial charge on any atom is -0.367 e. The van der Waals surface area contributed by atoms with E-state index >= 15 is 0 Å². The number of aromatic nitrogens is 5. The van der Waals surface area contributed by atoms with Crippen molar-refractivity contribution in [2.75, 3.05) is 10.6 Å². The van der Waals surface area contributed by atoms with Crippen molar-refractivity contribution in [1.82, 2.24) is 29.7 Å². The van der Waals surface area contributed by atoms with E-state index in [1.165, 1.54) is 0 Å². The molecule has 2 fully saturated rings. The van der Waals surface area contributed by atoms with Gasteiger partial charge >= 0.3 is 0 Å². The van der Waals surface area contributed by atoms with Gasteiger partial charge in [-0.15, -0.1) is 0 Å². The van der Waals surface area contributed by atoms with E-state index in [4.69, 9.17) is 4.98 Å². The highest BCUT2D eigenvalue weighted by atomic mass is 16.2. The first kappa shape index (κ1) is 20.2. The molecule has 0 radical (unpaired) electrons. The Labute approximate surface area is 194 Å². The SMILES string of the molecule is Cc1nn2c(NC3CC3)cc(Nc3ccc(-n4cccn4)cc3)nc2c1/C=C1\CC(=O)NC1=O. The molecule has 0 spiro atoms. The van der Waals surface area contributed by atoms with Crippen molar-refractivity contribution < 1.29 is 9.59 Å². The lowest BCUT2D eigenvalue weighted by atomic mass is 10.1. The van der Waals surface area contributed by atoms with E-state index in [2.05, 4.69) is 26.1 Å². The van der Waals surface area contributed by atoms with E-state index in [1.54, 1.807) is 21.5 Å². The zero-order valence-electron chi connectivity index (χ0n) is 18.4. The molecule has 1 saturated carbocycles. The van der Waals surface area contributed by atoms with Gasteiger partial charge in [0.25, 0.3) is 5.91 Å². The molecule has 4 aromatic rings. The highest BCUT2D eigenvalue weighted by Crippen LogP contribution is 2.30. The van der Waals surface area contributed by atoms with Crippen LogP contribution in [-0.4, -0.2) is 42.2 Å². The van der Waals surface area contributed by atoms with Crippen LogP contribution in [0.4, 0.5) is 17.3 Å². The fourth-order valence-corrected chi connectivity index (χ4v) is 3.97. The first-order chi connectivity index (χ1) is 16.5. The minimum atomic E-state index is -0.369. The first-order valence-electron chi connectivity index (χ1n) is 11.1. The number of fused-ring (bicyclic) bond motifs is 1. The van der Waals surface area contributed by atoms with Crippen molar-refractivity contribution >= 4 is 40.9 Å². The van der Waals surface area contributed by atoms with E-state index in [-0.39, 0.29) is 18.2 Å². The lowest BCUT2D eigenvalue weighted by molar-refractivity contribution is -0.124. The average Bonchev–Trinajstić information content (AvgIpc) is 3.20. The van der Waals surface area contributed by atoms with Crippen LogP contribution in [0, 0.1) is 6.92 Å². The van der Waals surface area contributed by atoms with Crippen LogP contribution in [0.2, 0.25) is 0 Å². The maximum atomic E-state index is 12.1. The normalized spacial score (nSPS) is 16.9. The topological polar surface area (TPSA) is 118 Å². The monoisotopic (exact) mass is 454 g/mol. The van der Waals surface area contributed by atoms with E-state index in [0.29, 0.717) is 23.1 Å². The van der Waals surface area contributed by atoms with Gasteiger partial charge in [0.2, 0.25) is 5.91 Å². The highest BCUT2D eigenvalue weighted by Gasteiger charge is 2.26. The number of imide groups is 1. The Kier molecular flexibility index (Phi) is 4.65. The van der Waals surface area contributed by atoms with Crippen molar-refractivity contribution in [3.63, 3.8) is 0 Å². The molecule has 3 N–H and O–H groups in total. The summed E-state index contributed by atoms with van der Waals surface area (Å²) in [5.41, 5.74) is 4.30. The number of benzene rings is 1. The zero-order chi connectivity index (χ0) is 23.2. The summed E-state index contributed by atoms with van der Waals surface area (Å²) in [6, 6.07) is 12.1. The predicted octanol–water partition coefficient (Wildman–Crippen LogP) is 2.97. The predicted molar refractivity (Wildman–Crippen MR) is 127 cm³/mol. The Hall–Kier alpha value is -4.47. The largest absolute Gasteiger partial charge is 0.367 e. The number of amides is 2. The summed E-state index contributed by atoms with van der Waals surface area (Å²) in [4.78, 5) is 28.6. The van der Waals surface area contributed by atoms with E-state index in [1.807, 2.05) is 49.5 Å². The van der Waals surface area contributed by atoms with Gasteiger partial charge in [-0.2, -0.15) is 14.7 Å². The molecule has 1 aliphatic heterocycles. The molecule has 6 rings (SSSR count). The third-order valence-corrected chi connectivity index (χ3v) is 5.86. The standard InChI is InChI=1S/C24H22N8O2/c1-14-19(11-15-12-22(33)29-24(15)34)23-28-20(13-21(32(23)30-14)27-17-3-4-17)26-16-5-7-18(8-6-16)31-10-2-9-25-31/h2,5-11,13,17,27H,3-4,12H2,1H3,(H,26,28)(H,29,33,34)/b15-11+. The Balaban J connectivity index is 1.39. The molecule has 10 nitrogen and oxygen atoms in total. The van der Waals surface area contributed by atoms with Crippen LogP contribution in [-0.2, 0) is 9.59 Å². The molecule has 10 heteroatoms. The third-order valence-electron chi connectivity index (χ3n) is 5.86. The highest BCUT2D eigenvalue weighted by molar-refractivity contribution is 6.15. The molecule has 1 saturated heterocycles. The molecular formula is C24H22N8O2. The van der Waals surface area contributed by atoms with Crippen LogP contribution in [0.1, 0.15) is 30.5 Å². The van der Waals surface area contributed by atoms with Gasteiger partial charge in [0, 0.05) is 41.3 Å². The number of nitrogens with one attached hydrogen (secondary N) is 3. The van der Waals surface area contributed by atoms with Crippen molar-refractivity contribution in [3.8, 4) is 5.69 Å². The summed E-state index contributed by atoms with van der Waals surface area (Å²) >= 11 is 0. The van der Waals surface area contributed by atoms with Crippen LogP contribution < -0.4 is 16.0 Å². The summed E-state index contributed by atoms with van der Waals surface area (Å²) in [6.45, 7) is 1.87. The molecule has 2 aliphatic rings. The second-order valence-electron chi connectivity index (χ2n) is 8.53. The Morgan fingerprint density at radius 2 is 2.00 bits per heavy atom. The van der Waals surface area contributed by atoms with Crippen LogP contribution in [0.3, 0.4) is 0 Å². The summed E-state index contributed by atoms with van der Waals surface area (Å²) < 4.78 is 3.56. The maximum Gasteiger partial charge on any atom is 0.254 e. The van der Waals surface area contributed by atoms with Gasteiger partial charge in [0.1, 0.15) is 11.6 Å². The summed E-state index contributed by atoms with van der Waals surface area (Å²) in [6.07, 6.45) is 7.63. The third kappa shape index (κ3) is 3.79. The quantitative estimate of drug-likeness (QED) is 0.303. The van der Waals surface area contributed by atoms with Gasteiger partial charge in [-0.3, -0.25) is 14.9 Å². The number of anilines is 3. The summed E-state index contributed by atoms with van der Waals surface area (Å²) in [5, 5.41) is 18.1. The van der Waals surface area contributed by atoms with Gasteiger partial charge in [-0.05, 0) is 56.2 Å². The van der Waals surface area contributed by atoms with E-state index in [9.17, 15) is 9.59 Å². The van der Waals surface area contributed by atoms with Crippen LogP contribution in [0.5, 0.6) is 0 Å². The van der Waals surface area contributed by atoms with Crippen molar-refractivity contribution in [2.45, 2.75) is 32.2 Å². The van der Waals surface area contributed by atoms with E-state index < -0.39 is 0 Å². The van der Waals surface area contributed by atoms with Gasteiger partial charge < -0.3 is 10.6 Å². The summed E-state index contributed by atoms with van der Waals surface area (Å²) in [5.74, 6) is 0.804.